The number of benzene rings is 1. The van der Waals surface area contributed by atoms with Gasteiger partial charge < -0.3 is 0 Å². The number of sulfonamides is 1. The second-order valence-corrected chi connectivity index (χ2v) is 4.84. The summed E-state index contributed by atoms with van der Waals surface area (Å²) in [5.74, 6) is 0.472. The van der Waals surface area contributed by atoms with Gasteiger partial charge >= 0.3 is 0 Å². The summed E-state index contributed by atoms with van der Waals surface area (Å²) in [4.78, 5) is 4.05. The van der Waals surface area contributed by atoms with Gasteiger partial charge in [-0.2, -0.15) is 5.10 Å². The van der Waals surface area contributed by atoms with Gasteiger partial charge in [0.25, 0.3) is 0 Å². The minimum absolute atomic E-state index is 0.0945. The molecule has 0 bridgehead atoms. The lowest BCUT2D eigenvalue weighted by Crippen LogP contribution is -2.23. The molecule has 0 aliphatic rings. The van der Waals surface area contributed by atoms with Gasteiger partial charge in [0.05, 0.1) is 11.4 Å². The van der Waals surface area contributed by atoms with Crippen LogP contribution >= 0.6 is 0 Å². The molecule has 0 unspecified atom stereocenters. The Kier molecular flexibility index (Phi) is 2.97. The summed E-state index contributed by atoms with van der Waals surface area (Å²) >= 11 is 0. The van der Waals surface area contributed by atoms with Crippen molar-refractivity contribution >= 4 is 10.0 Å². The molecule has 1 heterocycles. The molecule has 7 heteroatoms. The molecule has 0 atom stereocenters. The zero-order valence-corrected chi connectivity index (χ0v) is 9.11. The Labute approximate surface area is 92.8 Å². The normalized spacial score (nSPS) is 11.5. The fourth-order valence-corrected chi connectivity index (χ4v) is 2.17. The fraction of sp³-hybridized carbons (Fsp3) is 0.111. The van der Waals surface area contributed by atoms with Crippen molar-refractivity contribution in [1.29, 1.82) is 0 Å². The molecule has 1 aromatic heterocycles. The van der Waals surface area contributed by atoms with Gasteiger partial charge in [-0.05, 0) is 12.1 Å². The van der Waals surface area contributed by atoms with Crippen molar-refractivity contribution < 1.29 is 8.42 Å². The quantitative estimate of drug-likeness (QED) is 0.801. The summed E-state index contributed by atoms with van der Waals surface area (Å²) < 4.78 is 25.9. The first-order valence-corrected chi connectivity index (χ1v) is 6.06. The van der Waals surface area contributed by atoms with E-state index in [2.05, 4.69) is 19.9 Å². The summed E-state index contributed by atoms with van der Waals surface area (Å²) in [6.07, 6.45) is 1.33. The number of hydrogen-bond acceptors (Lipinski definition) is 4. The molecule has 1 aromatic carbocycles. The predicted octanol–water partition coefficient (Wildman–Crippen LogP) is 0.283. The van der Waals surface area contributed by atoms with E-state index in [-0.39, 0.29) is 11.4 Å². The molecule has 2 aromatic rings. The van der Waals surface area contributed by atoms with Crippen LogP contribution in [0, 0.1) is 0 Å². The topological polar surface area (TPSA) is 87.7 Å². The van der Waals surface area contributed by atoms with Crippen LogP contribution in [0.5, 0.6) is 0 Å². The van der Waals surface area contributed by atoms with E-state index in [0.717, 1.165) is 0 Å². The molecule has 0 saturated carbocycles. The number of nitrogens with one attached hydrogen (secondary N) is 2. The van der Waals surface area contributed by atoms with E-state index in [1.54, 1.807) is 18.2 Å². The predicted molar refractivity (Wildman–Crippen MR) is 56.9 cm³/mol. The zero-order chi connectivity index (χ0) is 11.4. The summed E-state index contributed by atoms with van der Waals surface area (Å²) in [7, 11) is -3.47. The zero-order valence-electron chi connectivity index (χ0n) is 8.29. The third-order valence-electron chi connectivity index (χ3n) is 1.95. The van der Waals surface area contributed by atoms with Crippen molar-refractivity contribution in [3.63, 3.8) is 0 Å². The van der Waals surface area contributed by atoms with E-state index in [9.17, 15) is 8.42 Å². The Bertz CT molecular complexity index is 536. The summed E-state index contributed by atoms with van der Waals surface area (Å²) in [6, 6.07) is 8.16. The van der Waals surface area contributed by atoms with Crippen LogP contribution in [0.4, 0.5) is 0 Å². The largest absolute Gasteiger partial charge is 0.262 e. The van der Waals surface area contributed by atoms with Gasteiger partial charge in [-0.25, -0.2) is 18.1 Å². The average molecular weight is 238 g/mol. The molecule has 0 fully saturated rings. The van der Waals surface area contributed by atoms with E-state index in [4.69, 9.17) is 0 Å². The van der Waals surface area contributed by atoms with Crippen LogP contribution in [0.1, 0.15) is 5.82 Å². The Hall–Kier alpha value is -1.73. The van der Waals surface area contributed by atoms with Gasteiger partial charge in [0, 0.05) is 0 Å². The SMILES string of the molecule is O=S(=O)(NCc1ncn[nH]1)c1ccccc1. The highest BCUT2D eigenvalue weighted by Gasteiger charge is 2.13. The maximum Gasteiger partial charge on any atom is 0.240 e. The maximum atomic E-state index is 11.8. The Morgan fingerprint density at radius 1 is 1.25 bits per heavy atom. The number of H-pyrrole nitrogens is 1. The van der Waals surface area contributed by atoms with Gasteiger partial charge in [0.2, 0.25) is 10.0 Å². The highest BCUT2D eigenvalue weighted by molar-refractivity contribution is 7.89. The third-order valence-corrected chi connectivity index (χ3v) is 3.37. The second kappa shape index (κ2) is 4.42. The number of aromatic amines is 1. The first-order valence-electron chi connectivity index (χ1n) is 4.57. The van der Waals surface area contributed by atoms with Crippen LogP contribution in [0.2, 0.25) is 0 Å². The molecule has 0 aliphatic heterocycles. The highest BCUT2D eigenvalue weighted by Crippen LogP contribution is 2.07. The van der Waals surface area contributed by atoms with Crippen molar-refractivity contribution in [2.24, 2.45) is 0 Å². The molecular weight excluding hydrogens is 228 g/mol. The van der Waals surface area contributed by atoms with Crippen molar-refractivity contribution in [2.45, 2.75) is 11.4 Å². The molecule has 0 radical (unpaired) electrons. The highest BCUT2D eigenvalue weighted by atomic mass is 32.2. The molecule has 0 spiro atoms. The number of hydrogen-bond donors (Lipinski definition) is 2. The molecule has 0 amide bonds. The first kappa shape index (κ1) is 10.8. The number of nitrogens with zero attached hydrogens (tertiary/aromatic N) is 2. The maximum absolute atomic E-state index is 11.8. The van der Waals surface area contributed by atoms with Crippen LogP contribution in [0.25, 0.3) is 0 Å². The molecule has 6 nitrogen and oxygen atoms in total. The van der Waals surface area contributed by atoms with Crippen LogP contribution in [0.15, 0.2) is 41.6 Å². The Balaban J connectivity index is 2.10. The molecule has 2 rings (SSSR count). The fourth-order valence-electron chi connectivity index (χ4n) is 1.16. The van der Waals surface area contributed by atoms with Gasteiger partial charge in [-0.15, -0.1) is 0 Å². The summed E-state index contributed by atoms with van der Waals surface area (Å²) in [5.41, 5.74) is 0. The van der Waals surface area contributed by atoms with E-state index in [1.807, 2.05) is 0 Å². The van der Waals surface area contributed by atoms with Gasteiger partial charge in [0.15, 0.2) is 0 Å². The monoisotopic (exact) mass is 238 g/mol. The van der Waals surface area contributed by atoms with Crippen LogP contribution in [-0.4, -0.2) is 23.6 Å². The molecule has 0 saturated heterocycles. The lowest BCUT2D eigenvalue weighted by molar-refractivity contribution is 0.579. The molecule has 84 valence electrons. The van der Waals surface area contributed by atoms with Gasteiger partial charge in [0.1, 0.15) is 12.2 Å². The lowest BCUT2D eigenvalue weighted by atomic mass is 10.4. The third kappa shape index (κ3) is 2.44. The van der Waals surface area contributed by atoms with E-state index in [0.29, 0.717) is 5.82 Å². The van der Waals surface area contributed by atoms with Crippen LogP contribution in [-0.2, 0) is 16.6 Å². The van der Waals surface area contributed by atoms with E-state index >= 15 is 0 Å². The first-order chi connectivity index (χ1) is 7.68. The average Bonchev–Trinajstić information content (AvgIpc) is 2.81. The van der Waals surface area contributed by atoms with Crippen molar-refractivity contribution in [2.75, 3.05) is 0 Å². The van der Waals surface area contributed by atoms with Crippen LogP contribution in [0.3, 0.4) is 0 Å². The van der Waals surface area contributed by atoms with Crippen LogP contribution < -0.4 is 4.72 Å². The molecule has 16 heavy (non-hydrogen) atoms. The van der Waals surface area contributed by atoms with E-state index < -0.39 is 10.0 Å². The van der Waals surface area contributed by atoms with Crippen molar-refractivity contribution in [3.05, 3.63) is 42.5 Å². The second-order valence-electron chi connectivity index (χ2n) is 3.07. The lowest BCUT2D eigenvalue weighted by Gasteiger charge is -2.04. The molecule has 2 N–H and O–H groups in total. The summed E-state index contributed by atoms with van der Waals surface area (Å²) in [6.45, 7) is 0.0945. The Morgan fingerprint density at radius 2 is 2.00 bits per heavy atom. The van der Waals surface area contributed by atoms with Crippen molar-refractivity contribution in [3.8, 4) is 0 Å². The Morgan fingerprint density at radius 3 is 2.62 bits per heavy atom. The summed E-state index contributed by atoms with van der Waals surface area (Å²) in [5, 5.41) is 6.20. The minimum atomic E-state index is -3.47. The van der Waals surface area contributed by atoms with Gasteiger partial charge in [-0.3, -0.25) is 5.10 Å². The molecular formula is C9H10N4O2S. The smallest absolute Gasteiger partial charge is 0.240 e. The number of rotatable bonds is 4. The number of aromatic nitrogens is 3. The standard InChI is InChI=1S/C9H10N4O2S/c14-16(15,8-4-2-1-3-5-8)12-6-9-10-7-11-13-9/h1-5,7,12H,6H2,(H,10,11,13). The minimum Gasteiger partial charge on any atom is -0.262 e. The molecule has 0 aliphatic carbocycles. The van der Waals surface area contributed by atoms with E-state index in [1.165, 1.54) is 18.5 Å². The van der Waals surface area contributed by atoms with Gasteiger partial charge in [-0.1, -0.05) is 18.2 Å². The van der Waals surface area contributed by atoms with Crippen molar-refractivity contribution in [1.82, 2.24) is 19.9 Å².